The minimum absolute atomic E-state index is 0.326. The lowest BCUT2D eigenvalue weighted by molar-refractivity contribution is 0.0634. The molecule has 8 heteroatoms. The van der Waals surface area contributed by atoms with E-state index in [9.17, 15) is 8.78 Å². The number of benzene rings is 1. The summed E-state index contributed by atoms with van der Waals surface area (Å²) in [5, 5.41) is 0.666. The number of halogens is 2. The molecule has 1 aliphatic heterocycles. The summed E-state index contributed by atoms with van der Waals surface area (Å²) in [7, 11) is 3.09. The molecule has 24 heavy (non-hydrogen) atoms. The van der Waals surface area contributed by atoms with Gasteiger partial charge >= 0.3 is 0 Å². The molecule has 0 bridgehead atoms. The van der Waals surface area contributed by atoms with Gasteiger partial charge in [-0.1, -0.05) is 0 Å². The average molecular weight is 338 g/mol. The molecule has 0 aliphatic carbocycles. The summed E-state index contributed by atoms with van der Waals surface area (Å²) in [6, 6.07) is 3.47. The van der Waals surface area contributed by atoms with Crippen LogP contribution >= 0.6 is 0 Å². The monoisotopic (exact) mass is 338 g/mol. The van der Waals surface area contributed by atoms with Gasteiger partial charge in [-0.15, -0.1) is 0 Å². The van der Waals surface area contributed by atoms with Crippen LogP contribution in [0.15, 0.2) is 12.1 Å². The number of alkyl halides is 2. The van der Waals surface area contributed by atoms with Crippen molar-refractivity contribution in [2.24, 2.45) is 5.92 Å². The van der Waals surface area contributed by atoms with Crippen molar-refractivity contribution >= 4 is 22.7 Å². The predicted octanol–water partition coefficient (Wildman–Crippen LogP) is 2.71. The molecule has 0 amide bonds. The average Bonchev–Trinajstić information content (AvgIpc) is 2.60. The molecule has 3 rings (SSSR count). The molecular weight excluding hydrogens is 318 g/mol. The van der Waals surface area contributed by atoms with Crippen molar-refractivity contribution < 1.29 is 18.3 Å². The first-order chi connectivity index (χ1) is 11.5. The molecule has 0 spiro atoms. The summed E-state index contributed by atoms with van der Waals surface area (Å²) in [4.78, 5) is 10.8. The number of hydrogen-bond donors (Lipinski definition) is 1. The van der Waals surface area contributed by atoms with E-state index in [0.29, 0.717) is 60.1 Å². The number of nitrogen functional groups attached to an aromatic ring is 1. The van der Waals surface area contributed by atoms with Crippen LogP contribution in [0.5, 0.6) is 11.5 Å². The molecule has 2 aromatic rings. The van der Waals surface area contributed by atoms with Crippen LogP contribution in [0.1, 0.15) is 12.8 Å². The first kappa shape index (κ1) is 16.5. The standard InChI is InChI=1S/C16H20F2N4O2/c1-23-12-7-10-11(8-13(12)24-2)20-16(21-15(10)19)22-5-3-9(4-6-22)14(17)18/h7-9,14H,3-6H2,1-2H3,(H2,19,20,21). The lowest BCUT2D eigenvalue weighted by Crippen LogP contribution is -2.37. The van der Waals surface area contributed by atoms with Gasteiger partial charge in [-0.2, -0.15) is 4.98 Å². The Hall–Kier alpha value is -2.38. The fourth-order valence-electron chi connectivity index (χ4n) is 2.96. The number of piperidine rings is 1. The summed E-state index contributed by atoms with van der Waals surface area (Å²) in [6.07, 6.45) is -1.43. The van der Waals surface area contributed by atoms with E-state index in [0.717, 1.165) is 0 Å². The van der Waals surface area contributed by atoms with Crippen LogP contribution in [-0.4, -0.2) is 43.7 Å². The van der Waals surface area contributed by atoms with Gasteiger partial charge in [0.25, 0.3) is 0 Å². The quantitative estimate of drug-likeness (QED) is 0.924. The van der Waals surface area contributed by atoms with Crippen LogP contribution in [0.25, 0.3) is 10.9 Å². The zero-order valence-electron chi connectivity index (χ0n) is 13.6. The molecule has 1 fully saturated rings. The van der Waals surface area contributed by atoms with Crippen molar-refractivity contribution in [1.82, 2.24) is 9.97 Å². The Morgan fingerprint density at radius 2 is 1.75 bits per heavy atom. The van der Waals surface area contributed by atoms with Gasteiger partial charge in [0, 0.05) is 30.5 Å². The minimum atomic E-state index is -2.27. The molecule has 2 heterocycles. The first-order valence-electron chi connectivity index (χ1n) is 7.75. The van der Waals surface area contributed by atoms with E-state index >= 15 is 0 Å². The van der Waals surface area contributed by atoms with Crippen LogP contribution < -0.4 is 20.1 Å². The Morgan fingerprint density at radius 3 is 2.33 bits per heavy atom. The van der Waals surface area contributed by atoms with E-state index in [1.54, 1.807) is 26.4 Å². The van der Waals surface area contributed by atoms with Crippen molar-refractivity contribution in [2.75, 3.05) is 37.9 Å². The maximum Gasteiger partial charge on any atom is 0.241 e. The Bertz CT molecular complexity index is 734. The van der Waals surface area contributed by atoms with E-state index in [1.807, 2.05) is 4.90 Å². The minimum Gasteiger partial charge on any atom is -0.493 e. The summed E-state index contributed by atoms with van der Waals surface area (Å²) in [6.45, 7) is 0.987. The molecule has 1 aliphatic rings. The second-order valence-electron chi connectivity index (χ2n) is 5.79. The van der Waals surface area contributed by atoms with Crippen LogP contribution in [0.3, 0.4) is 0 Å². The topological polar surface area (TPSA) is 73.5 Å². The highest BCUT2D eigenvalue weighted by Gasteiger charge is 2.27. The van der Waals surface area contributed by atoms with Crippen LogP contribution in [-0.2, 0) is 0 Å². The van der Waals surface area contributed by atoms with Gasteiger partial charge in [-0.05, 0) is 18.9 Å². The molecule has 0 saturated carbocycles. The number of anilines is 2. The summed E-state index contributed by atoms with van der Waals surface area (Å²) < 4.78 is 36.1. The zero-order valence-corrected chi connectivity index (χ0v) is 13.6. The molecule has 1 aromatic heterocycles. The van der Waals surface area contributed by atoms with E-state index in [4.69, 9.17) is 15.2 Å². The number of fused-ring (bicyclic) bond motifs is 1. The lowest BCUT2D eigenvalue weighted by Gasteiger charge is -2.31. The molecule has 2 N–H and O–H groups in total. The van der Waals surface area contributed by atoms with Crippen LogP contribution in [0.2, 0.25) is 0 Å². The third kappa shape index (κ3) is 3.00. The Labute approximate surface area is 138 Å². The third-order valence-corrected chi connectivity index (χ3v) is 4.40. The Morgan fingerprint density at radius 1 is 1.12 bits per heavy atom. The van der Waals surface area contributed by atoms with Crippen molar-refractivity contribution in [3.05, 3.63) is 12.1 Å². The molecule has 1 saturated heterocycles. The number of hydrogen-bond acceptors (Lipinski definition) is 6. The predicted molar refractivity (Wildman–Crippen MR) is 88.0 cm³/mol. The van der Waals surface area contributed by atoms with Crippen molar-refractivity contribution in [2.45, 2.75) is 19.3 Å². The SMILES string of the molecule is COc1cc2nc(N3CCC(C(F)F)CC3)nc(N)c2cc1OC. The van der Waals surface area contributed by atoms with Gasteiger partial charge in [0.05, 0.1) is 19.7 Å². The number of methoxy groups -OCH3 is 2. The third-order valence-electron chi connectivity index (χ3n) is 4.40. The zero-order chi connectivity index (χ0) is 17.3. The molecule has 0 unspecified atom stereocenters. The maximum atomic E-state index is 12.8. The van der Waals surface area contributed by atoms with E-state index in [-0.39, 0.29) is 0 Å². The smallest absolute Gasteiger partial charge is 0.241 e. The van der Waals surface area contributed by atoms with Gasteiger partial charge in [0.15, 0.2) is 11.5 Å². The molecule has 6 nitrogen and oxygen atoms in total. The number of nitrogens with two attached hydrogens (primary N) is 1. The fourth-order valence-corrected chi connectivity index (χ4v) is 2.96. The van der Waals surface area contributed by atoms with E-state index in [2.05, 4.69) is 9.97 Å². The van der Waals surface area contributed by atoms with Crippen molar-refractivity contribution in [3.8, 4) is 11.5 Å². The lowest BCUT2D eigenvalue weighted by atomic mass is 9.98. The highest BCUT2D eigenvalue weighted by Crippen LogP contribution is 2.34. The first-order valence-corrected chi connectivity index (χ1v) is 7.75. The largest absolute Gasteiger partial charge is 0.493 e. The van der Waals surface area contributed by atoms with Crippen molar-refractivity contribution in [3.63, 3.8) is 0 Å². The second kappa shape index (κ2) is 6.62. The van der Waals surface area contributed by atoms with Crippen LogP contribution in [0, 0.1) is 5.92 Å². The fraction of sp³-hybridized carbons (Fsp3) is 0.500. The Balaban J connectivity index is 1.93. The Kier molecular flexibility index (Phi) is 4.55. The van der Waals surface area contributed by atoms with Gasteiger partial charge in [-0.25, -0.2) is 13.8 Å². The highest BCUT2D eigenvalue weighted by molar-refractivity contribution is 5.91. The van der Waals surface area contributed by atoms with E-state index < -0.39 is 12.3 Å². The number of ether oxygens (including phenoxy) is 2. The molecular formula is C16H20F2N4O2. The summed E-state index contributed by atoms with van der Waals surface area (Å²) in [5.41, 5.74) is 6.69. The van der Waals surface area contributed by atoms with Gasteiger partial charge in [0.1, 0.15) is 5.82 Å². The number of rotatable bonds is 4. The number of aromatic nitrogens is 2. The molecule has 0 radical (unpaired) electrons. The summed E-state index contributed by atoms with van der Waals surface area (Å²) >= 11 is 0. The number of nitrogens with zero attached hydrogens (tertiary/aromatic N) is 3. The van der Waals surface area contributed by atoms with Crippen molar-refractivity contribution in [1.29, 1.82) is 0 Å². The van der Waals surface area contributed by atoms with Gasteiger partial charge in [0.2, 0.25) is 12.4 Å². The van der Waals surface area contributed by atoms with Gasteiger partial charge < -0.3 is 20.1 Å². The van der Waals surface area contributed by atoms with E-state index in [1.165, 1.54) is 0 Å². The molecule has 0 atom stereocenters. The summed E-state index contributed by atoms with van der Waals surface area (Å²) in [5.74, 6) is 1.33. The second-order valence-corrected chi connectivity index (χ2v) is 5.79. The van der Waals surface area contributed by atoms with Crippen LogP contribution in [0.4, 0.5) is 20.5 Å². The maximum absolute atomic E-state index is 12.8. The normalized spacial score (nSPS) is 16.0. The molecule has 1 aromatic carbocycles. The highest BCUT2D eigenvalue weighted by atomic mass is 19.3. The molecule has 130 valence electrons. The van der Waals surface area contributed by atoms with Gasteiger partial charge in [-0.3, -0.25) is 0 Å².